The van der Waals surface area contributed by atoms with E-state index < -0.39 is 35.8 Å². The van der Waals surface area contributed by atoms with Gasteiger partial charge in [0.25, 0.3) is 0 Å². The number of para-hydroxylation sites is 1. The van der Waals surface area contributed by atoms with Crippen LogP contribution in [0.25, 0.3) is 17.2 Å². The maximum Gasteiger partial charge on any atom is 0.246 e. The Morgan fingerprint density at radius 3 is 2.24 bits per heavy atom. The monoisotopic (exact) mass is 668 g/mol. The Kier molecular flexibility index (Phi) is 10.7. The minimum Gasteiger partial charge on any atom is -0.494 e. The second-order valence-corrected chi connectivity index (χ2v) is 19.0. The summed E-state index contributed by atoms with van der Waals surface area (Å²) in [5, 5.41) is 18.5. The zero-order valence-electron chi connectivity index (χ0n) is 26.8. The first-order valence-corrected chi connectivity index (χ1v) is 19.6. The van der Waals surface area contributed by atoms with Gasteiger partial charge in [0.15, 0.2) is 5.82 Å². The van der Waals surface area contributed by atoms with Gasteiger partial charge in [0.1, 0.15) is 28.7 Å². The van der Waals surface area contributed by atoms with E-state index >= 15 is 0 Å². The highest BCUT2D eigenvalue weighted by atomic mass is 32.2. The summed E-state index contributed by atoms with van der Waals surface area (Å²) in [7, 11) is -0.284. The van der Waals surface area contributed by atoms with Crippen LogP contribution < -0.4 is 18.5 Å². The summed E-state index contributed by atoms with van der Waals surface area (Å²) in [6.07, 6.45) is -1.09. The lowest BCUT2D eigenvalue weighted by atomic mass is 10.0. The van der Waals surface area contributed by atoms with Gasteiger partial charge in [0.2, 0.25) is 21.9 Å². The predicted molar refractivity (Wildman–Crippen MR) is 174 cm³/mol. The summed E-state index contributed by atoms with van der Waals surface area (Å²) in [6.45, 7) is 6.47. The number of ether oxygens (including phenoxy) is 4. The SMILES string of the molecule is COc1cccc(-c2nnc(N(CC[Si-](C)(C)C)S(=O)(=O)C[C@@H](OC)c3ccc(F)cc3C#N)n2-c2c(OC)cccc2OC)n1. The number of methoxy groups -OCH3 is 4. The molecule has 1 atom stereocenters. The Hall–Kier alpha value is -4.52. The van der Waals surface area contributed by atoms with Crippen molar-refractivity contribution in [2.75, 3.05) is 45.0 Å². The number of rotatable bonds is 14. The van der Waals surface area contributed by atoms with Crippen LogP contribution in [0.3, 0.4) is 0 Å². The fourth-order valence-electron chi connectivity index (χ4n) is 4.79. The van der Waals surface area contributed by atoms with E-state index in [-0.39, 0.29) is 29.4 Å². The first-order chi connectivity index (χ1) is 21.9. The third-order valence-corrected chi connectivity index (χ3v) is 10.7. The number of aromatic nitrogens is 4. The fourth-order valence-corrected chi connectivity index (χ4v) is 7.46. The van der Waals surface area contributed by atoms with Crippen molar-refractivity contribution < 1.29 is 31.8 Å². The molecule has 0 spiro atoms. The van der Waals surface area contributed by atoms with Crippen molar-refractivity contribution >= 4 is 24.0 Å². The van der Waals surface area contributed by atoms with E-state index in [1.807, 2.05) is 6.07 Å². The third-order valence-electron chi connectivity index (χ3n) is 7.19. The first-order valence-electron chi connectivity index (χ1n) is 14.3. The molecule has 2 aromatic carbocycles. The molecule has 2 aromatic heterocycles. The summed E-state index contributed by atoms with van der Waals surface area (Å²) in [5.74, 6) is 0.0389. The number of sulfonamides is 1. The van der Waals surface area contributed by atoms with Gasteiger partial charge in [-0.25, -0.2) is 22.1 Å². The van der Waals surface area contributed by atoms with Crippen molar-refractivity contribution in [1.82, 2.24) is 19.7 Å². The number of halogens is 1. The number of nitriles is 1. The van der Waals surface area contributed by atoms with E-state index in [0.29, 0.717) is 34.8 Å². The van der Waals surface area contributed by atoms with E-state index in [1.54, 1.807) is 41.0 Å². The van der Waals surface area contributed by atoms with Crippen LogP contribution in [0.2, 0.25) is 25.7 Å². The van der Waals surface area contributed by atoms with Gasteiger partial charge in [-0.3, -0.25) is 4.57 Å². The van der Waals surface area contributed by atoms with Crippen LogP contribution in [0.4, 0.5) is 10.3 Å². The van der Waals surface area contributed by atoms with Crippen molar-refractivity contribution in [1.29, 1.82) is 5.26 Å². The Morgan fingerprint density at radius 1 is 0.978 bits per heavy atom. The van der Waals surface area contributed by atoms with Gasteiger partial charge in [0, 0.05) is 19.7 Å². The Labute approximate surface area is 269 Å². The van der Waals surface area contributed by atoms with Crippen molar-refractivity contribution in [2.45, 2.75) is 31.8 Å². The maximum atomic E-state index is 14.5. The quantitative estimate of drug-likeness (QED) is 0.164. The van der Waals surface area contributed by atoms with Crippen LogP contribution in [0.15, 0.2) is 54.6 Å². The van der Waals surface area contributed by atoms with Gasteiger partial charge in [-0.1, -0.05) is 18.2 Å². The van der Waals surface area contributed by atoms with Crippen LogP contribution in [-0.2, 0) is 14.8 Å². The van der Waals surface area contributed by atoms with Crippen LogP contribution in [0.5, 0.6) is 17.4 Å². The largest absolute Gasteiger partial charge is 0.494 e. The van der Waals surface area contributed by atoms with Gasteiger partial charge < -0.3 is 18.9 Å². The average Bonchev–Trinajstić information content (AvgIpc) is 3.46. The molecule has 0 aliphatic heterocycles. The Morgan fingerprint density at radius 2 is 1.65 bits per heavy atom. The lowest BCUT2D eigenvalue weighted by molar-refractivity contribution is 0.121. The van der Waals surface area contributed by atoms with Crippen molar-refractivity contribution in [3.63, 3.8) is 0 Å². The highest BCUT2D eigenvalue weighted by molar-refractivity contribution is 7.92. The summed E-state index contributed by atoms with van der Waals surface area (Å²) in [4.78, 5) is 4.54. The molecular formula is C31H37FN6O6SSi-. The molecular weight excluding hydrogens is 632 g/mol. The molecule has 12 nitrogen and oxygen atoms in total. The molecule has 0 aliphatic rings. The minimum absolute atomic E-state index is 0.0241. The van der Waals surface area contributed by atoms with Gasteiger partial charge in [-0.15, -0.1) is 24.3 Å². The molecule has 0 radical (unpaired) electrons. The lowest BCUT2D eigenvalue weighted by Gasteiger charge is -2.33. The normalized spacial score (nSPS) is 12.3. The second-order valence-electron chi connectivity index (χ2n) is 11.5. The van der Waals surface area contributed by atoms with E-state index in [4.69, 9.17) is 18.9 Å². The summed E-state index contributed by atoms with van der Waals surface area (Å²) in [6, 6.07) is 16.4. The second kappa shape index (κ2) is 14.3. The summed E-state index contributed by atoms with van der Waals surface area (Å²) in [5.41, 5.74) is 0.931. The van der Waals surface area contributed by atoms with Gasteiger partial charge >= 0.3 is 0 Å². The molecule has 0 aliphatic carbocycles. The van der Waals surface area contributed by atoms with Crippen LogP contribution in [0.1, 0.15) is 17.2 Å². The Bertz CT molecular complexity index is 1820. The van der Waals surface area contributed by atoms with Crippen molar-refractivity contribution in [3.8, 4) is 40.7 Å². The molecule has 0 unspecified atom stereocenters. The number of benzene rings is 2. The molecule has 0 fully saturated rings. The number of anilines is 1. The molecule has 4 aromatic rings. The number of hydrogen-bond acceptors (Lipinski definition) is 10. The van der Waals surface area contributed by atoms with E-state index in [0.717, 1.165) is 12.1 Å². The lowest BCUT2D eigenvalue weighted by Crippen LogP contribution is -2.40. The zero-order valence-corrected chi connectivity index (χ0v) is 28.6. The van der Waals surface area contributed by atoms with E-state index in [1.165, 1.54) is 38.8 Å². The highest BCUT2D eigenvalue weighted by Crippen LogP contribution is 2.39. The summed E-state index contributed by atoms with van der Waals surface area (Å²) < 4.78 is 68.1. The first kappa shape index (κ1) is 34.4. The minimum atomic E-state index is -4.27. The van der Waals surface area contributed by atoms with Crippen LogP contribution in [-0.4, -0.2) is 77.0 Å². The highest BCUT2D eigenvalue weighted by Gasteiger charge is 2.35. The molecule has 46 heavy (non-hydrogen) atoms. The predicted octanol–water partition coefficient (Wildman–Crippen LogP) is 5.23. The number of hydrogen-bond donors (Lipinski definition) is 0. The van der Waals surface area contributed by atoms with Crippen LogP contribution in [0, 0.1) is 17.1 Å². The molecule has 0 amide bonds. The van der Waals surface area contributed by atoms with Crippen molar-refractivity contribution in [2.24, 2.45) is 0 Å². The van der Waals surface area contributed by atoms with Crippen molar-refractivity contribution in [3.05, 3.63) is 71.5 Å². The molecule has 15 heteroatoms. The van der Waals surface area contributed by atoms with Gasteiger partial charge in [0.05, 0.1) is 44.8 Å². The molecule has 0 N–H and O–H groups in total. The number of pyridine rings is 1. The van der Waals surface area contributed by atoms with Crippen LogP contribution >= 0.6 is 0 Å². The maximum absolute atomic E-state index is 14.5. The standard InChI is InChI=1S/C31H37FN6O6SSi/c1-41-25-11-9-12-26(42-2)29(25)38-30(24-10-8-13-28(34-24)44-4)35-36-31(38)37(16-17-46(5,6)7)45(39,40)20-27(43-3)23-15-14-22(32)18-21(23)19-33/h8-15,18,27H,16-17,20H2,1-7H3/q-1/t27-/m1/s1. The van der Waals surface area contributed by atoms with Gasteiger partial charge in [-0.05, 0) is 35.9 Å². The zero-order chi connectivity index (χ0) is 33.6. The van der Waals surface area contributed by atoms with Gasteiger partial charge in [-0.2, -0.15) is 24.9 Å². The molecule has 245 valence electrons. The molecule has 0 saturated carbocycles. The smallest absolute Gasteiger partial charge is 0.246 e. The van der Waals surface area contributed by atoms with E-state index in [9.17, 15) is 18.1 Å². The number of nitrogens with zero attached hydrogens (tertiary/aromatic N) is 6. The fraction of sp³-hybridized carbons (Fsp3) is 0.355. The summed E-state index contributed by atoms with van der Waals surface area (Å²) >= 11 is 0. The molecule has 0 bridgehead atoms. The molecule has 0 saturated heterocycles. The topological polar surface area (TPSA) is 142 Å². The Balaban J connectivity index is 1.98. The molecule has 2 heterocycles. The average molecular weight is 669 g/mol. The van der Waals surface area contributed by atoms with E-state index in [2.05, 4.69) is 34.8 Å². The third kappa shape index (κ3) is 7.47. The molecule has 4 rings (SSSR count).